The minimum atomic E-state index is 0.136. The predicted octanol–water partition coefficient (Wildman–Crippen LogP) is 3.72. The normalized spacial score (nSPS) is 22.6. The minimum absolute atomic E-state index is 0.136. The number of ketones is 1. The zero-order valence-electron chi connectivity index (χ0n) is 11.4. The number of methoxy groups -OCH3 is 1. The van der Waals surface area contributed by atoms with Crippen LogP contribution in [0.5, 0.6) is 5.75 Å². The van der Waals surface area contributed by atoms with Gasteiger partial charge < -0.3 is 4.74 Å². The molecule has 0 heterocycles. The van der Waals surface area contributed by atoms with Crippen molar-refractivity contribution in [2.24, 2.45) is 5.92 Å². The Labute approximate surface area is 118 Å². The van der Waals surface area contributed by atoms with E-state index in [-0.39, 0.29) is 5.78 Å². The van der Waals surface area contributed by atoms with Crippen molar-refractivity contribution in [2.75, 3.05) is 7.11 Å². The number of hydrogen-bond acceptors (Lipinski definition) is 2. The highest BCUT2D eigenvalue weighted by Gasteiger charge is 2.23. The van der Waals surface area contributed by atoms with Gasteiger partial charge >= 0.3 is 0 Å². The van der Waals surface area contributed by atoms with Crippen LogP contribution in [0, 0.1) is 5.92 Å². The van der Waals surface area contributed by atoms with Crippen LogP contribution in [0.25, 0.3) is 6.08 Å². The van der Waals surface area contributed by atoms with Crippen LogP contribution in [0.4, 0.5) is 0 Å². The van der Waals surface area contributed by atoms with E-state index >= 15 is 0 Å². The van der Waals surface area contributed by atoms with Crippen LogP contribution in [-0.2, 0) is 4.79 Å². The van der Waals surface area contributed by atoms with Gasteiger partial charge in [-0.2, -0.15) is 0 Å². The quantitative estimate of drug-likeness (QED) is 0.761. The van der Waals surface area contributed by atoms with E-state index in [0.717, 1.165) is 28.9 Å². The Balaban J connectivity index is 1.91. The lowest BCUT2D eigenvalue weighted by Crippen LogP contribution is -2.14. The van der Waals surface area contributed by atoms with E-state index in [1.807, 2.05) is 54.6 Å². The number of ether oxygens (including phenoxy) is 1. The Morgan fingerprint density at radius 1 is 1.20 bits per heavy atom. The van der Waals surface area contributed by atoms with Gasteiger partial charge in [0.2, 0.25) is 0 Å². The van der Waals surface area contributed by atoms with Crippen LogP contribution in [0.1, 0.15) is 12.0 Å². The zero-order valence-corrected chi connectivity index (χ0v) is 11.4. The SMILES string of the molecule is COc1ccc(/C=C2\CC3C=CC=CC(=C3)C2=O)cc1. The summed E-state index contributed by atoms with van der Waals surface area (Å²) in [4.78, 5) is 12.4. The van der Waals surface area contributed by atoms with Gasteiger partial charge in [0, 0.05) is 17.1 Å². The van der Waals surface area contributed by atoms with Crippen molar-refractivity contribution >= 4 is 11.9 Å². The van der Waals surface area contributed by atoms with E-state index in [1.54, 1.807) is 7.11 Å². The number of hydrogen-bond donors (Lipinski definition) is 0. The van der Waals surface area contributed by atoms with Crippen molar-refractivity contribution in [3.8, 4) is 5.75 Å². The van der Waals surface area contributed by atoms with Crippen LogP contribution in [0.2, 0.25) is 0 Å². The van der Waals surface area contributed by atoms with Crippen LogP contribution >= 0.6 is 0 Å². The number of allylic oxidation sites excluding steroid dienone is 7. The molecule has 100 valence electrons. The van der Waals surface area contributed by atoms with Crippen molar-refractivity contribution in [1.29, 1.82) is 0 Å². The van der Waals surface area contributed by atoms with Crippen LogP contribution in [0.3, 0.4) is 0 Å². The molecule has 2 heteroatoms. The Kier molecular flexibility index (Phi) is 3.38. The van der Waals surface area contributed by atoms with Crippen LogP contribution < -0.4 is 4.74 Å². The van der Waals surface area contributed by atoms with Gasteiger partial charge in [0.05, 0.1) is 7.11 Å². The monoisotopic (exact) mass is 264 g/mol. The molecule has 20 heavy (non-hydrogen) atoms. The number of Topliss-reactive ketones (excluding diaryl/α,β-unsaturated/α-hetero) is 1. The fourth-order valence-corrected chi connectivity index (χ4v) is 2.54. The average Bonchev–Trinajstić information content (AvgIpc) is 2.68. The summed E-state index contributed by atoms with van der Waals surface area (Å²) in [6.07, 6.45) is 12.8. The number of fused-ring (bicyclic) bond motifs is 1. The highest BCUT2D eigenvalue weighted by molar-refractivity contribution is 6.13. The van der Waals surface area contributed by atoms with E-state index in [2.05, 4.69) is 6.08 Å². The van der Waals surface area contributed by atoms with Crippen LogP contribution in [-0.4, -0.2) is 12.9 Å². The third-order valence-electron chi connectivity index (χ3n) is 3.60. The first-order valence-electron chi connectivity index (χ1n) is 6.72. The standard InChI is InChI=1S/C18H16O2/c1-20-17-8-6-13(7-9-17)10-16-12-14-4-2-3-5-15(11-14)18(16)19/h2-11,14H,12H2,1H3/b16-10+. The van der Waals surface area contributed by atoms with Gasteiger partial charge in [-0.3, -0.25) is 4.79 Å². The summed E-state index contributed by atoms with van der Waals surface area (Å²) < 4.78 is 5.14. The van der Waals surface area contributed by atoms with Gasteiger partial charge in [0.1, 0.15) is 5.75 Å². The molecule has 1 aromatic rings. The van der Waals surface area contributed by atoms with E-state index in [9.17, 15) is 4.79 Å². The fraction of sp³-hybridized carbons (Fsp3) is 0.167. The van der Waals surface area contributed by atoms with E-state index < -0.39 is 0 Å². The largest absolute Gasteiger partial charge is 0.497 e. The van der Waals surface area contributed by atoms with Gasteiger partial charge in [-0.05, 0) is 30.2 Å². The molecule has 2 bridgehead atoms. The van der Waals surface area contributed by atoms with Gasteiger partial charge in [-0.1, -0.05) is 42.5 Å². The Morgan fingerprint density at radius 2 is 2.00 bits per heavy atom. The van der Waals surface area contributed by atoms with E-state index in [1.165, 1.54) is 0 Å². The van der Waals surface area contributed by atoms with Crippen molar-refractivity contribution < 1.29 is 9.53 Å². The second kappa shape index (κ2) is 5.33. The zero-order chi connectivity index (χ0) is 13.9. The van der Waals surface area contributed by atoms with Gasteiger partial charge in [-0.15, -0.1) is 0 Å². The third kappa shape index (κ3) is 2.50. The Hall–Kier alpha value is -2.35. The maximum atomic E-state index is 12.4. The summed E-state index contributed by atoms with van der Waals surface area (Å²) in [7, 11) is 1.65. The third-order valence-corrected chi connectivity index (χ3v) is 3.60. The molecule has 0 spiro atoms. The van der Waals surface area contributed by atoms with Crippen molar-refractivity contribution in [1.82, 2.24) is 0 Å². The number of carbonyl (C=O) groups is 1. The van der Waals surface area contributed by atoms with Gasteiger partial charge in [-0.25, -0.2) is 0 Å². The number of rotatable bonds is 2. The molecule has 0 aromatic heterocycles. The number of carbonyl (C=O) groups excluding carboxylic acids is 1. The average molecular weight is 264 g/mol. The molecule has 0 saturated carbocycles. The molecule has 1 aromatic carbocycles. The molecule has 2 aliphatic carbocycles. The lowest BCUT2D eigenvalue weighted by molar-refractivity contribution is -0.112. The molecule has 0 saturated heterocycles. The minimum Gasteiger partial charge on any atom is -0.497 e. The van der Waals surface area contributed by atoms with Crippen LogP contribution in [0.15, 0.2) is 65.8 Å². The lowest BCUT2D eigenvalue weighted by atomic mass is 9.85. The first-order chi connectivity index (χ1) is 9.76. The molecule has 0 radical (unpaired) electrons. The fourth-order valence-electron chi connectivity index (χ4n) is 2.54. The molecule has 2 aliphatic rings. The second-order valence-corrected chi connectivity index (χ2v) is 5.01. The molecule has 1 unspecified atom stereocenters. The molecular formula is C18H16O2. The van der Waals surface area contributed by atoms with E-state index in [0.29, 0.717) is 5.92 Å². The topological polar surface area (TPSA) is 26.3 Å². The molecule has 1 atom stereocenters. The molecule has 0 amide bonds. The van der Waals surface area contributed by atoms with Gasteiger partial charge in [0.25, 0.3) is 0 Å². The lowest BCUT2D eigenvalue weighted by Gasteiger charge is -2.18. The summed E-state index contributed by atoms with van der Waals surface area (Å²) >= 11 is 0. The predicted molar refractivity (Wildman–Crippen MR) is 80.4 cm³/mol. The van der Waals surface area contributed by atoms with Crippen molar-refractivity contribution in [2.45, 2.75) is 6.42 Å². The second-order valence-electron chi connectivity index (χ2n) is 5.01. The first-order valence-corrected chi connectivity index (χ1v) is 6.72. The summed E-state index contributed by atoms with van der Waals surface area (Å²) in [6.45, 7) is 0. The molecule has 0 N–H and O–H groups in total. The van der Waals surface area contributed by atoms with Gasteiger partial charge in [0.15, 0.2) is 5.78 Å². The van der Waals surface area contributed by atoms with Crippen molar-refractivity contribution in [3.05, 3.63) is 71.4 Å². The first kappa shape index (κ1) is 12.7. The summed E-state index contributed by atoms with van der Waals surface area (Å²) in [6, 6.07) is 7.76. The molecule has 0 fully saturated rings. The highest BCUT2D eigenvalue weighted by Crippen LogP contribution is 2.30. The molecular weight excluding hydrogens is 248 g/mol. The van der Waals surface area contributed by atoms with Crippen molar-refractivity contribution in [3.63, 3.8) is 0 Å². The summed E-state index contributed by atoms with van der Waals surface area (Å²) in [5, 5.41) is 0. The van der Waals surface area contributed by atoms with E-state index in [4.69, 9.17) is 4.74 Å². The maximum Gasteiger partial charge on any atom is 0.188 e. The Morgan fingerprint density at radius 3 is 2.75 bits per heavy atom. The summed E-state index contributed by atoms with van der Waals surface area (Å²) in [5.74, 6) is 1.28. The highest BCUT2D eigenvalue weighted by atomic mass is 16.5. The summed E-state index contributed by atoms with van der Waals surface area (Å²) in [5.41, 5.74) is 2.70. The smallest absolute Gasteiger partial charge is 0.188 e. The number of benzene rings is 1. The molecule has 3 rings (SSSR count). The maximum absolute atomic E-state index is 12.4. The molecule has 0 aliphatic heterocycles. The Bertz CT molecular complexity index is 643. The molecule has 2 nitrogen and oxygen atoms in total.